The molecule has 0 fully saturated rings. The summed E-state index contributed by atoms with van der Waals surface area (Å²) in [5.74, 6) is -7.96. The molecule has 0 radical (unpaired) electrons. The summed E-state index contributed by atoms with van der Waals surface area (Å²) < 4.78 is 0. The molecule has 2 atom stereocenters. The van der Waals surface area contributed by atoms with Crippen LogP contribution in [0.5, 0.6) is 0 Å². The van der Waals surface area contributed by atoms with Gasteiger partial charge in [0.1, 0.15) is 5.82 Å². The van der Waals surface area contributed by atoms with E-state index in [0.717, 1.165) is 12.4 Å². The van der Waals surface area contributed by atoms with Crippen LogP contribution in [0.25, 0.3) is 0 Å². The van der Waals surface area contributed by atoms with Gasteiger partial charge in [0.05, 0.1) is 6.42 Å². The zero-order valence-corrected chi connectivity index (χ0v) is 9.42. The zero-order chi connectivity index (χ0) is 14.6. The number of hydrogen-bond acceptors (Lipinski definition) is 6. The van der Waals surface area contributed by atoms with Gasteiger partial charge in [-0.1, -0.05) is 0 Å². The Kier molecular flexibility index (Phi) is 4.12. The van der Waals surface area contributed by atoms with Crippen LogP contribution in [0.15, 0.2) is 18.5 Å². The number of aromatic nitrogens is 2. The molecule has 4 N–H and O–H groups in total. The van der Waals surface area contributed by atoms with E-state index in [1.165, 1.54) is 6.07 Å². The van der Waals surface area contributed by atoms with Crippen LogP contribution in [0, 0.1) is 0 Å². The van der Waals surface area contributed by atoms with Gasteiger partial charge in [-0.2, -0.15) is 0 Å². The minimum absolute atomic E-state index is 0.485. The van der Waals surface area contributed by atoms with Crippen molar-refractivity contribution in [2.75, 3.05) is 0 Å². The van der Waals surface area contributed by atoms with E-state index in [1.54, 1.807) is 0 Å². The molecule has 19 heavy (non-hydrogen) atoms. The third-order valence-electron chi connectivity index (χ3n) is 2.36. The molecule has 0 amide bonds. The quantitative estimate of drug-likeness (QED) is 0.505. The third kappa shape index (κ3) is 3.01. The summed E-state index contributed by atoms with van der Waals surface area (Å²) in [7, 11) is 0. The summed E-state index contributed by atoms with van der Waals surface area (Å²) in [4.78, 5) is 39.9. The lowest BCUT2D eigenvalue weighted by atomic mass is 9.83. The number of carboxylic acid groups (broad SMARTS) is 3. The molecular weight excluding hydrogens is 260 g/mol. The molecule has 0 bridgehead atoms. The van der Waals surface area contributed by atoms with Gasteiger partial charge in [0, 0.05) is 12.4 Å². The molecule has 0 spiro atoms. The van der Waals surface area contributed by atoms with E-state index in [2.05, 4.69) is 9.97 Å². The molecule has 9 heteroatoms. The first-order valence-electron chi connectivity index (χ1n) is 4.96. The summed E-state index contributed by atoms with van der Waals surface area (Å²) in [6, 6.07) is 1.36. The Bertz CT molecular complexity index is 504. The van der Waals surface area contributed by atoms with Crippen LogP contribution in [0.1, 0.15) is 18.2 Å². The van der Waals surface area contributed by atoms with Gasteiger partial charge in [-0.25, -0.2) is 14.8 Å². The topological polar surface area (TPSA) is 158 Å². The van der Waals surface area contributed by atoms with E-state index in [1.807, 2.05) is 0 Å². The largest absolute Gasteiger partial charge is 0.481 e. The maximum atomic E-state index is 11.1. The van der Waals surface area contributed by atoms with Crippen molar-refractivity contribution in [1.82, 2.24) is 9.97 Å². The second-order valence-electron chi connectivity index (χ2n) is 3.68. The van der Waals surface area contributed by atoms with Crippen molar-refractivity contribution >= 4 is 17.9 Å². The van der Waals surface area contributed by atoms with Crippen molar-refractivity contribution in [1.29, 1.82) is 0 Å². The molecule has 1 aromatic heterocycles. The fourth-order valence-corrected chi connectivity index (χ4v) is 1.52. The van der Waals surface area contributed by atoms with Gasteiger partial charge in [0.25, 0.3) is 0 Å². The highest BCUT2D eigenvalue weighted by Gasteiger charge is 2.52. The first kappa shape index (κ1) is 14.5. The maximum absolute atomic E-state index is 11.1. The molecule has 102 valence electrons. The summed E-state index contributed by atoms with van der Waals surface area (Å²) in [5.41, 5.74) is -3.04. The summed E-state index contributed by atoms with van der Waals surface area (Å²) >= 11 is 0. The Morgan fingerprint density at radius 3 is 2.05 bits per heavy atom. The van der Waals surface area contributed by atoms with Gasteiger partial charge in [0.2, 0.25) is 0 Å². The lowest BCUT2D eigenvalue weighted by molar-refractivity contribution is -0.174. The van der Waals surface area contributed by atoms with Crippen molar-refractivity contribution in [3.05, 3.63) is 24.3 Å². The van der Waals surface area contributed by atoms with Crippen molar-refractivity contribution in [2.45, 2.75) is 17.9 Å². The lowest BCUT2D eigenvalue weighted by Gasteiger charge is -2.26. The zero-order valence-electron chi connectivity index (χ0n) is 9.42. The number of hydrogen-bond donors (Lipinski definition) is 4. The molecule has 1 rings (SSSR count). The number of carbonyl (C=O) groups is 3. The normalized spacial score (nSPS) is 15.2. The summed E-state index contributed by atoms with van der Waals surface area (Å²) in [6.45, 7) is 0. The molecule has 2 unspecified atom stereocenters. The Morgan fingerprint density at radius 2 is 1.68 bits per heavy atom. The molecule has 9 nitrogen and oxygen atoms in total. The second-order valence-corrected chi connectivity index (χ2v) is 3.68. The first-order chi connectivity index (χ1) is 8.79. The number of rotatable bonds is 6. The smallest absolute Gasteiger partial charge is 0.337 e. The Labute approximate surface area is 106 Å². The highest BCUT2D eigenvalue weighted by atomic mass is 16.4. The molecule has 0 aliphatic heterocycles. The second kappa shape index (κ2) is 5.40. The predicted octanol–water partition coefficient (Wildman–Crippen LogP) is -1.06. The minimum atomic E-state index is -3.04. The Morgan fingerprint density at radius 1 is 1.16 bits per heavy atom. The van der Waals surface area contributed by atoms with E-state index < -0.39 is 41.7 Å². The van der Waals surface area contributed by atoms with Gasteiger partial charge in [-0.05, 0) is 6.07 Å². The van der Waals surface area contributed by atoms with Crippen molar-refractivity contribution in [3.63, 3.8) is 0 Å². The lowest BCUT2D eigenvalue weighted by Crippen LogP contribution is -2.49. The van der Waals surface area contributed by atoms with Crippen LogP contribution in [-0.4, -0.2) is 53.9 Å². The van der Waals surface area contributed by atoms with Crippen LogP contribution in [-0.2, 0) is 14.4 Å². The van der Waals surface area contributed by atoms with E-state index in [9.17, 15) is 19.5 Å². The SMILES string of the molecule is O=C(O)CC(O)(C(=O)O)C(C(=O)O)c1ncccn1. The van der Waals surface area contributed by atoms with Crippen molar-refractivity contribution in [3.8, 4) is 0 Å². The maximum Gasteiger partial charge on any atom is 0.337 e. The van der Waals surface area contributed by atoms with Crippen molar-refractivity contribution < 1.29 is 34.8 Å². The fourth-order valence-electron chi connectivity index (χ4n) is 1.52. The number of nitrogens with zero attached hydrogens (tertiary/aromatic N) is 2. The van der Waals surface area contributed by atoms with E-state index in [0.29, 0.717) is 0 Å². The molecule has 0 saturated heterocycles. The Hall–Kier alpha value is -2.55. The van der Waals surface area contributed by atoms with Crippen LogP contribution in [0.2, 0.25) is 0 Å². The van der Waals surface area contributed by atoms with E-state index >= 15 is 0 Å². The first-order valence-corrected chi connectivity index (χ1v) is 4.96. The van der Waals surface area contributed by atoms with Gasteiger partial charge < -0.3 is 20.4 Å². The molecule has 1 heterocycles. The number of carboxylic acids is 3. The monoisotopic (exact) mass is 270 g/mol. The number of aliphatic carboxylic acids is 3. The predicted molar refractivity (Wildman–Crippen MR) is 57.2 cm³/mol. The summed E-state index contributed by atoms with van der Waals surface area (Å²) in [5, 5.41) is 36.5. The summed E-state index contributed by atoms with van der Waals surface area (Å²) in [6.07, 6.45) is 1.01. The fraction of sp³-hybridized carbons (Fsp3) is 0.300. The molecule has 0 aliphatic rings. The van der Waals surface area contributed by atoms with Crippen LogP contribution >= 0.6 is 0 Å². The van der Waals surface area contributed by atoms with Gasteiger partial charge in [-0.15, -0.1) is 0 Å². The highest BCUT2D eigenvalue weighted by molar-refractivity contribution is 5.92. The van der Waals surface area contributed by atoms with Crippen LogP contribution in [0.3, 0.4) is 0 Å². The van der Waals surface area contributed by atoms with Crippen LogP contribution < -0.4 is 0 Å². The van der Waals surface area contributed by atoms with E-state index in [-0.39, 0.29) is 0 Å². The van der Waals surface area contributed by atoms with E-state index in [4.69, 9.17) is 15.3 Å². The average molecular weight is 270 g/mol. The van der Waals surface area contributed by atoms with Gasteiger partial charge in [-0.3, -0.25) is 9.59 Å². The molecule has 0 aromatic carbocycles. The van der Waals surface area contributed by atoms with Gasteiger partial charge >= 0.3 is 17.9 Å². The molecule has 0 saturated carbocycles. The Balaban J connectivity index is 3.33. The molecule has 0 aliphatic carbocycles. The van der Waals surface area contributed by atoms with Gasteiger partial charge in [0.15, 0.2) is 11.5 Å². The standard InChI is InChI=1S/C10H10N2O7/c13-5(14)4-10(19,9(17)18)6(8(15)16)7-11-2-1-3-12-7/h1-3,6,19H,4H2,(H,13,14)(H,15,16)(H,17,18). The third-order valence-corrected chi connectivity index (χ3v) is 2.36. The highest BCUT2D eigenvalue weighted by Crippen LogP contribution is 2.30. The minimum Gasteiger partial charge on any atom is -0.481 e. The number of aliphatic hydroxyl groups is 1. The molecule has 1 aromatic rings. The molecular formula is C10H10N2O7. The average Bonchev–Trinajstić information content (AvgIpc) is 2.28. The van der Waals surface area contributed by atoms with Crippen molar-refractivity contribution in [2.24, 2.45) is 0 Å². The van der Waals surface area contributed by atoms with Crippen LogP contribution in [0.4, 0.5) is 0 Å².